The number of rotatable bonds is 5. The van der Waals surface area contributed by atoms with Crippen molar-refractivity contribution in [2.75, 3.05) is 13.7 Å². The summed E-state index contributed by atoms with van der Waals surface area (Å²) in [6.07, 6.45) is 2.37. The van der Waals surface area contributed by atoms with Gasteiger partial charge in [-0.2, -0.15) is 0 Å². The van der Waals surface area contributed by atoms with E-state index in [0.29, 0.717) is 12.5 Å². The number of methoxy groups -OCH3 is 1. The monoisotopic (exact) mass is 159 g/mol. The Morgan fingerprint density at radius 3 is 2.45 bits per heavy atom. The maximum atomic E-state index is 6.03. The summed E-state index contributed by atoms with van der Waals surface area (Å²) in [4.78, 5) is 0. The van der Waals surface area contributed by atoms with Crippen LogP contribution >= 0.6 is 0 Å². The van der Waals surface area contributed by atoms with Crippen molar-refractivity contribution in [2.24, 2.45) is 11.7 Å². The molecule has 0 fully saturated rings. The van der Waals surface area contributed by atoms with Gasteiger partial charge in [0.05, 0.1) is 6.61 Å². The maximum Gasteiger partial charge on any atom is 0.0642 e. The molecular formula is C9H21NO. The third-order valence-electron chi connectivity index (χ3n) is 2.30. The predicted molar refractivity (Wildman–Crippen MR) is 48.5 cm³/mol. The zero-order valence-corrected chi connectivity index (χ0v) is 8.18. The lowest BCUT2D eigenvalue weighted by Crippen LogP contribution is -2.47. The fourth-order valence-corrected chi connectivity index (χ4v) is 1.22. The van der Waals surface area contributed by atoms with E-state index in [4.69, 9.17) is 10.5 Å². The number of nitrogens with two attached hydrogens (primary N) is 1. The average molecular weight is 159 g/mol. The molecule has 0 aliphatic rings. The molecule has 0 aromatic heterocycles. The summed E-state index contributed by atoms with van der Waals surface area (Å²) >= 11 is 0. The molecule has 0 aromatic rings. The molecule has 0 aromatic carbocycles. The lowest BCUT2D eigenvalue weighted by molar-refractivity contribution is 0.107. The smallest absolute Gasteiger partial charge is 0.0642 e. The van der Waals surface area contributed by atoms with Gasteiger partial charge in [0.15, 0.2) is 0 Å². The van der Waals surface area contributed by atoms with Gasteiger partial charge in [0.2, 0.25) is 0 Å². The van der Waals surface area contributed by atoms with Crippen molar-refractivity contribution >= 4 is 0 Å². The van der Waals surface area contributed by atoms with Crippen molar-refractivity contribution in [1.82, 2.24) is 0 Å². The van der Waals surface area contributed by atoms with Crippen molar-refractivity contribution in [3.8, 4) is 0 Å². The molecule has 0 bridgehead atoms. The number of hydrogen-bond donors (Lipinski definition) is 1. The summed E-state index contributed by atoms with van der Waals surface area (Å²) in [6, 6.07) is 0. The molecule has 2 N–H and O–H groups in total. The summed E-state index contributed by atoms with van der Waals surface area (Å²) in [7, 11) is 1.70. The van der Waals surface area contributed by atoms with Crippen LogP contribution in [0.5, 0.6) is 0 Å². The molecule has 0 radical (unpaired) electrons. The molecule has 11 heavy (non-hydrogen) atoms. The van der Waals surface area contributed by atoms with Gasteiger partial charge in [-0.3, -0.25) is 0 Å². The van der Waals surface area contributed by atoms with Gasteiger partial charge in [-0.1, -0.05) is 20.3 Å². The molecule has 0 saturated heterocycles. The van der Waals surface area contributed by atoms with E-state index >= 15 is 0 Å². The van der Waals surface area contributed by atoms with Crippen LogP contribution in [-0.2, 0) is 4.74 Å². The van der Waals surface area contributed by atoms with Gasteiger partial charge in [-0.15, -0.1) is 0 Å². The summed E-state index contributed by atoms with van der Waals surface area (Å²) in [5.74, 6) is 0.535. The van der Waals surface area contributed by atoms with Gasteiger partial charge in [0.25, 0.3) is 0 Å². The SMILES string of the molecule is CCCC(C)C(C)(N)COC. The third kappa shape index (κ3) is 3.73. The molecule has 0 saturated carbocycles. The standard InChI is InChI=1S/C9H21NO/c1-5-6-8(2)9(3,10)7-11-4/h8H,5-7,10H2,1-4H3. The van der Waals surface area contributed by atoms with E-state index in [0.717, 1.165) is 0 Å². The van der Waals surface area contributed by atoms with Gasteiger partial charge >= 0.3 is 0 Å². The van der Waals surface area contributed by atoms with Crippen molar-refractivity contribution < 1.29 is 4.74 Å². The van der Waals surface area contributed by atoms with Crippen LogP contribution in [0.25, 0.3) is 0 Å². The molecule has 68 valence electrons. The lowest BCUT2D eigenvalue weighted by Gasteiger charge is -2.30. The largest absolute Gasteiger partial charge is 0.383 e. The van der Waals surface area contributed by atoms with Gasteiger partial charge in [-0.25, -0.2) is 0 Å². The summed E-state index contributed by atoms with van der Waals surface area (Å²) in [5.41, 5.74) is 5.87. The fourth-order valence-electron chi connectivity index (χ4n) is 1.22. The Morgan fingerprint density at radius 1 is 1.55 bits per heavy atom. The lowest BCUT2D eigenvalue weighted by atomic mass is 9.86. The van der Waals surface area contributed by atoms with E-state index < -0.39 is 0 Å². The van der Waals surface area contributed by atoms with Gasteiger partial charge in [0.1, 0.15) is 0 Å². The first-order chi connectivity index (χ1) is 5.04. The van der Waals surface area contributed by atoms with E-state index in [-0.39, 0.29) is 5.54 Å². The van der Waals surface area contributed by atoms with Crippen LogP contribution in [0.4, 0.5) is 0 Å². The third-order valence-corrected chi connectivity index (χ3v) is 2.30. The van der Waals surface area contributed by atoms with E-state index in [1.807, 2.05) is 0 Å². The molecule has 0 amide bonds. The van der Waals surface area contributed by atoms with Gasteiger partial charge in [-0.05, 0) is 19.3 Å². The van der Waals surface area contributed by atoms with Crippen LogP contribution in [-0.4, -0.2) is 19.3 Å². The first kappa shape index (κ1) is 10.9. The minimum Gasteiger partial charge on any atom is -0.383 e. The normalized spacial score (nSPS) is 19.4. The minimum absolute atomic E-state index is 0.162. The molecule has 2 heteroatoms. The van der Waals surface area contributed by atoms with Crippen molar-refractivity contribution in [2.45, 2.75) is 39.2 Å². The summed E-state index contributed by atoms with van der Waals surface area (Å²) in [5, 5.41) is 0. The Morgan fingerprint density at radius 2 is 2.09 bits per heavy atom. The topological polar surface area (TPSA) is 35.2 Å². The molecule has 0 rings (SSSR count). The minimum atomic E-state index is -0.162. The van der Waals surface area contributed by atoms with Crippen LogP contribution in [0.2, 0.25) is 0 Å². The Hall–Kier alpha value is -0.0800. The Kier molecular flexibility index (Phi) is 4.69. The Bertz CT molecular complexity index is 102. The van der Waals surface area contributed by atoms with E-state index in [1.54, 1.807) is 7.11 Å². The van der Waals surface area contributed by atoms with Crippen LogP contribution in [0.3, 0.4) is 0 Å². The predicted octanol–water partition coefficient (Wildman–Crippen LogP) is 1.79. The van der Waals surface area contributed by atoms with Crippen molar-refractivity contribution in [3.63, 3.8) is 0 Å². The number of hydrogen-bond acceptors (Lipinski definition) is 2. The molecule has 0 aliphatic carbocycles. The van der Waals surface area contributed by atoms with Crippen LogP contribution in [0.1, 0.15) is 33.6 Å². The highest BCUT2D eigenvalue weighted by atomic mass is 16.5. The van der Waals surface area contributed by atoms with Crippen LogP contribution in [0, 0.1) is 5.92 Å². The Labute approximate surface area is 70.1 Å². The molecular weight excluding hydrogens is 138 g/mol. The van der Waals surface area contributed by atoms with E-state index in [2.05, 4.69) is 20.8 Å². The first-order valence-electron chi connectivity index (χ1n) is 4.32. The van der Waals surface area contributed by atoms with Crippen molar-refractivity contribution in [1.29, 1.82) is 0 Å². The average Bonchev–Trinajstić information content (AvgIpc) is 1.88. The Balaban J connectivity index is 3.83. The summed E-state index contributed by atoms with van der Waals surface area (Å²) < 4.78 is 5.05. The molecule has 2 atom stereocenters. The number of ether oxygens (including phenoxy) is 1. The molecule has 2 nitrogen and oxygen atoms in total. The second kappa shape index (κ2) is 4.73. The van der Waals surface area contributed by atoms with Gasteiger partial charge in [0, 0.05) is 12.6 Å². The second-order valence-electron chi connectivity index (χ2n) is 3.63. The quantitative estimate of drug-likeness (QED) is 0.663. The molecule has 2 unspecified atom stereocenters. The van der Waals surface area contributed by atoms with Crippen molar-refractivity contribution in [3.05, 3.63) is 0 Å². The van der Waals surface area contributed by atoms with E-state index in [1.165, 1.54) is 12.8 Å². The molecule has 0 aliphatic heterocycles. The van der Waals surface area contributed by atoms with Crippen LogP contribution < -0.4 is 5.73 Å². The highest BCUT2D eigenvalue weighted by Gasteiger charge is 2.25. The second-order valence-corrected chi connectivity index (χ2v) is 3.63. The molecule has 0 heterocycles. The van der Waals surface area contributed by atoms with E-state index in [9.17, 15) is 0 Å². The van der Waals surface area contributed by atoms with Gasteiger partial charge < -0.3 is 10.5 Å². The summed E-state index contributed by atoms with van der Waals surface area (Å²) in [6.45, 7) is 7.06. The first-order valence-corrected chi connectivity index (χ1v) is 4.32. The highest BCUT2D eigenvalue weighted by Crippen LogP contribution is 2.18. The zero-order chi connectivity index (χ0) is 8.91. The zero-order valence-electron chi connectivity index (χ0n) is 8.18. The molecule has 0 spiro atoms. The van der Waals surface area contributed by atoms with Crippen LogP contribution in [0.15, 0.2) is 0 Å². The maximum absolute atomic E-state index is 6.03. The fraction of sp³-hybridized carbons (Fsp3) is 1.00. The highest BCUT2D eigenvalue weighted by molar-refractivity contribution is 4.83.